The number of rotatable bonds is 7. The highest BCUT2D eigenvalue weighted by molar-refractivity contribution is 7.99. The van der Waals surface area contributed by atoms with Gasteiger partial charge in [-0.15, -0.1) is 11.8 Å². The van der Waals surface area contributed by atoms with E-state index in [1.165, 1.54) is 0 Å². The fourth-order valence-electron chi connectivity index (χ4n) is 2.06. The van der Waals surface area contributed by atoms with Gasteiger partial charge in [-0.05, 0) is 24.7 Å². The van der Waals surface area contributed by atoms with Gasteiger partial charge in [0.2, 0.25) is 0 Å². The van der Waals surface area contributed by atoms with E-state index in [-0.39, 0.29) is 0 Å². The van der Waals surface area contributed by atoms with Gasteiger partial charge >= 0.3 is 0 Å². The third-order valence-electron chi connectivity index (χ3n) is 2.99. The predicted octanol–water partition coefficient (Wildman–Crippen LogP) is 3.39. The van der Waals surface area contributed by atoms with E-state index < -0.39 is 0 Å². The lowest BCUT2D eigenvalue weighted by atomic mass is 10.2. The smallest absolute Gasteiger partial charge is 0.0640 e. The summed E-state index contributed by atoms with van der Waals surface area (Å²) < 4.78 is 1.85. The lowest BCUT2D eigenvalue weighted by Crippen LogP contribution is -2.33. The zero-order valence-corrected chi connectivity index (χ0v) is 13.4. The largest absolute Gasteiger partial charge is 0.313 e. The Kier molecular flexibility index (Phi) is 5.95. The number of benzene rings is 1. The molecule has 1 aromatic heterocycles. The van der Waals surface area contributed by atoms with Gasteiger partial charge in [-0.2, -0.15) is 5.10 Å². The molecule has 1 aromatic carbocycles. The fourth-order valence-corrected chi connectivity index (χ4v) is 3.35. The molecule has 0 aliphatic rings. The van der Waals surface area contributed by atoms with Crippen molar-refractivity contribution in [2.24, 2.45) is 7.05 Å². The molecule has 3 nitrogen and oxygen atoms in total. The van der Waals surface area contributed by atoms with Gasteiger partial charge in [-0.25, -0.2) is 0 Å². The van der Waals surface area contributed by atoms with Gasteiger partial charge in [0.25, 0.3) is 0 Å². The Morgan fingerprint density at radius 1 is 1.35 bits per heavy atom. The molecule has 1 atom stereocenters. The summed E-state index contributed by atoms with van der Waals surface area (Å²) in [5.74, 6) is 0.980. The maximum Gasteiger partial charge on any atom is 0.0640 e. The zero-order valence-electron chi connectivity index (χ0n) is 11.8. The first-order valence-electron chi connectivity index (χ1n) is 6.78. The monoisotopic (exact) mass is 309 g/mol. The molecule has 0 aliphatic carbocycles. The van der Waals surface area contributed by atoms with Crippen molar-refractivity contribution in [3.63, 3.8) is 0 Å². The summed E-state index contributed by atoms with van der Waals surface area (Å²) in [6.07, 6.45) is 2.92. The molecule has 1 unspecified atom stereocenters. The van der Waals surface area contributed by atoms with E-state index in [4.69, 9.17) is 11.6 Å². The molecule has 0 spiro atoms. The van der Waals surface area contributed by atoms with Crippen LogP contribution in [0.15, 0.2) is 41.4 Å². The molecular formula is C15H20ClN3S. The summed E-state index contributed by atoms with van der Waals surface area (Å²) in [6, 6.07) is 10.5. The number of aromatic nitrogens is 2. The van der Waals surface area contributed by atoms with E-state index in [1.807, 2.05) is 36.1 Å². The fraction of sp³-hybridized carbons (Fsp3) is 0.400. The Morgan fingerprint density at radius 2 is 2.15 bits per heavy atom. The molecular weight excluding hydrogens is 290 g/mol. The minimum Gasteiger partial charge on any atom is -0.313 e. The first-order chi connectivity index (χ1) is 9.69. The average Bonchev–Trinajstić information content (AvgIpc) is 2.83. The van der Waals surface area contributed by atoms with Crippen molar-refractivity contribution in [3.05, 3.63) is 47.2 Å². The summed E-state index contributed by atoms with van der Waals surface area (Å²) >= 11 is 7.98. The van der Waals surface area contributed by atoms with Crippen molar-refractivity contribution in [3.8, 4) is 0 Å². The van der Waals surface area contributed by atoms with Gasteiger partial charge < -0.3 is 5.32 Å². The highest BCUT2D eigenvalue weighted by Crippen LogP contribution is 2.27. The minimum atomic E-state index is 0.399. The van der Waals surface area contributed by atoms with Crippen LogP contribution in [0.3, 0.4) is 0 Å². The van der Waals surface area contributed by atoms with Crippen molar-refractivity contribution in [1.82, 2.24) is 15.1 Å². The van der Waals surface area contributed by atoms with Gasteiger partial charge in [0.05, 0.1) is 10.7 Å². The molecule has 2 aromatic rings. The van der Waals surface area contributed by atoms with Crippen LogP contribution in [0.4, 0.5) is 0 Å². The van der Waals surface area contributed by atoms with Crippen molar-refractivity contribution in [2.45, 2.75) is 24.3 Å². The van der Waals surface area contributed by atoms with Crippen LogP contribution in [0.25, 0.3) is 0 Å². The third-order valence-corrected chi connectivity index (χ3v) is 4.67. The second-order valence-electron chi connectivity index (χ2n) is 4.68. The number of likely N-dealkylation sites (N-methyl/N-ethyl adjacent to an activating group) is 1. The summed E-state index contributed by atoms with van der Waals surface area (Å²) in [4.78, 5) is 1.14. The lowest BCUT2D eigenvalue weighted by Gasteiger charge is -2.16. The maximum absolute atomic E-state index is 6.19. The Bertz CT molecular complexity index is 541. The van der Waals surface area contributed by atoms with Crippen LogP contribution in [0.1, 0.15) is 12.6 Å². The van der Waals surface area contributed by atoms with Gasteiger partial charge in [-0.1, -0.05) is 30.7 Å². The number of hydrogen-bond acceptors (Lipinski definition) is 3. The highest BCUT2D eigenvalue weighted by Gasteiger charge is 2.11. The van der Waals surface area contributed by atoms with E-state index in [9.17, 15) is 0 Å². The summed E-state index contributed by atoms with van der Waals surface area (Å²) in [7, 11) is 1.95. The van der Waals surface area contributed by atoms with E-state index in [1.54, 1.807) is 11.8 Å². The van der Waals surface area contributed by atoms with Gasteiger partial charge in [-0.3, -0.25) is 4.68 Å². The van der Waals surface area contributed by atoms with E-state index >= 15 is 0 Å². The number of hydrogen-bond donors (Lipinski definition) is 1. The highest BCUT2D eigenvalue weighted by atomic mass is 35.5. The number of nitrogens with one attached hydrogen (secondary N) is 1. The summed E-state index contributed by atoms with van der Waals surface area (Å²) in [5, 5.41) is 8.79. The summed E-state index contributed by atoms with van der Waals surface area (Å²) in [6.45, 7) is 3.09. The Balaban J connectivity index is 1.94. The molecule has 0 saturated carbocycles. The number of nitrogens with zero attached hydrogens (tertiary/aromatic N) is 2. The molecule has 0 fully saturated rings. The first-order valence-corrected chi connectivity index (χ1v) is 8.14. The number of thioether (sulfide) groups is 1. The maximum atomic E-state index is 6.19. The van der Waals surface area contributed by atoms with Crippen LogP contribution in [-0.4, -0.2) is 28.1 Å². The van der Waals surface area contributed by atoms with Crippen molar-refractivity contribution in [2.75, 3.05) is 12.3 Å². The normalized spacial score (nSPS) is 12.6. The topological polar surface area (TPSA) is 29.9 Å². The average molecular weight is 310 g/mol. The predicted molar refractivity (Wildman–Crippen MR) is 86.6 cm³/mol. The molecule has 0 bridgehead atoms. The van der Waals surface area contributed by atoms with Crippen LogP contribution in [0.5, 0.6) is 0 Å². The quantitative estimate of drug-likeness (QED) is 0.795. The molecule has 1 heterocycles. The van der Waals surface area contributed by atoms with Gasteiger partial charge in [0.15, 0.2) is 0 Å². The second-order valence-corrected chi connectivity index (χ2v) is 6.15. The molecule has 108 valence electrons. The number of aryl methyl sites for hydroxylation is 1. The van der Waals surface area contributed by atoms with Crippen LogP contribution >= 0.6 is 23.4 Å². The number of halogens is 1. The molecule has 2 rings (SSSR count). The van der Waals surface area contributed by atoms with Crippen LogP contribution in [0.2, 0.25) is 5.02 Å². The lowest BCUT2D eigenvalue weighted by molar-refractivity contribution is 0.561. The molecule has 0 radical (unpaired) electrons. The molecule has 0 saturated heterocycles. The Hall–Kier alpha value is -0.970. The van der Waals surface area contributed by atoms with Gasteiger partial charge in [0.1, 0.15) is 0 Å². The van der Waals surface area contributed by atoms with E-state index in [0.29, 0.717) is 6.04 Å². The Morgan fingerprint density at radius 3 is 2.80 bits per heavy atom. The van der Waals surface area contributed by atoms with Crippen LogP contribution < -0.4 is 5.32 Å². The third kappa shape index (κ3) is 4.54. The van der Waals surface area contributed by atoms with Crippen molar-refractivity contribution < 1.29 is 0 Å². The minimum absolute atomic E-state index is 0.399. The first kappa shape index (κ1) is 15.4. The SMILES string of the molecule is CCNC(CSc1ccccc1Cl)Cc1ccn(C)n1. The molecule has 0 aliphatic heterocycles. The van der Waals surface area contributed by atoms with Crippen LogP contribution in [0, 0.1) is 0 Å². The molecule has 20 heavy (non-hydrogen) atoms. The Labute approximate surface area is 129 Å². The van der Waals surface area contributed by atoms with E-state index in [0.717, 1.165) is 34.3 Å². The second kappa shape index (κ2) is 7.72. The van der Waals surface area contributed by atoms with Gasteiger partial charge in [0, 0.05) is 36.4 Å². The standard InChI is InChI=1S/C15H20ClN3S/c1-3-17-13(10-12-8-9-19(2)18-12)11-20-15-7-5-4-6-14(15)16/h4-9,13,17H,3,10-11H2,1-2H3. The molecule has 0 amide bonds. The summed E-state index contributed by atoms with van der Waals surface area (Å²) in [5.41, 5.74) is 1.12. The molecule has 5 heteroatoms. The van der Waals surface area contributed by atoms with E-state index in [2.05, 4.69) is 29.5 Å². The zero-order chi connectivity index (χ0) is 14.4. The van der Waals surface area contributed by atoms with Crippen LogP contribution in [-0.2, 0) is 13.5 Å². The molecule has 1 N–H and O–H groups in total. The van der Waals surface area contributed by atoms with Crippen molar-refractivity contribution in [1.29, 1.82) is 0 Å². The van der Waals surface area contributed by atoms with Crippen molar-refractivity contribution >= 4 is 23.4 Å².